The highest BCUT2D eigenvalue weighted by molar-refractivity contribution is 7.58. The van der Waals surface area contributed by atoms with Crippen LogP contribution in [0.15, 0.2) is 29.2 Å². The molecule has 1 aromatic carbocycles. The summed E-state index contributed by atoms with van der Waals surface area (Å²) in [5.41, 5.74) is 0. The highest BCUT2D eigenvalue weighted by atomic mass is 32.1. The minimum Gasteiger partial charge on any atom is -0.780 e. The van der Waals surface area contributed by atoms with Gasteiger partial charge in [0.15, 0.2) is 0 Å². The Balaban J connectivity index is 2.94. The van der Waals surface area contributed by atoms with Crippen LogP contribution in [0.1, 0.15) is 0 Å². The standard InChI is InChI=1S/C7H8OS/c1-8-6-3-2-4-7(9)5-6/h2-5,9H,1H3/p-1. The Morgan fingerprint density at radius 1 is 1.44 bits per heavy atom. The molecule has 0 radical (unpaired) electrons. The summed E-state index contributed by atoms with van der Waals surface area (Å²) in [6.45, 7) is 0. The van der Waals surface area contributed by atoms with E-state index in [4.69, 9.17) is 17.4 Å². The number of benzene rings is 1. The van der Waals surface area contributed by atoms with Gasteiger partial charge in [0, 0.05) is 0 Å². The van der Waals surface area contributed by atoms with E-state index in [-0.39, 0.29) is 0 Å². The molecule has 0 saturated carbocycles. The largest absolute Gasteiger partial charge is 0.780 e. The topological polar surface area (TPSA) is 9.23 Å². The van der Waals surface area contributed by atoms with Crippen LogP contribution >= 0.6 is 0 Å². The van der Waals surface area contributed by atoms with Gasteiger partial charge >= 0.3 is 0 Å². The molecule has 0 atom stereocenters. The third-order valence-electron chi connectivity index (χ3n) is 1.04. The van der Waals surface area contributed by atoms with E-state index in [0.717, 1.165) is 10.6 Å². The molecule has 9 heavy (non-hydrogen) atoms. The van der Waals surface area contributed by atoms with Crippen molar-refractivity contribution in [2.45, 2.75) is 4.90 Å². The first kappa shape index (κ1) is 6.36. The van der Waals surface area contributed by atoms with Crippen LogP contribution in [0.25, 0.3) is 0 Å². The van der Waals surface area contributed by atoms with E-state index in [9.17, 15) is 0 Å². The number of methoxy groups -OCH3 is 1. The van der Waals surface area contributed by atoms with Crippen LogP contribution in [0.2, 0.25) is 0 Å². The Hall–Kier alpha value is -0.760. The maximum absolute atomic E-state index is 4.93. The van der Waals surface area contributed by atoms with Crippen molar-refractivity contribution in [3.05, 3.63) is 24.3 Å². The van der Waals surface area contributed by atoms with E-state index in [1.807, 2.05) is 24.3 Å². The van der Waals surface area contributed by atoms with Crippen molar-refractivity contribution in [1.82, 2.24) is 0 Å². The second kappa shape index (κ2) is 2.69. The number of hydrogen-bond donors (Lipinski definition) is 0. The first-order valence-corrected chi connectivity index (χ1v) is 3.05. The van der Waals surface area contributed by atoms with Gasteiger partial charge in [-0.2, -0.15) is 4.90 Å². The van der Waals surface area contributed by atoms with Crippen molar-refractivity contribution < 1.29 is 4.74 Å². The maximum atomic E-state index is 4.93. The lowest BCUT2D eigenvalue weighted by Crippen LogP contribution is -1.81. The summed E-state index contributed by atoms with van der Waals surface area (Å²) in [7, 11) is 1.63. The summed E-state index contributed by atoms with van der Waals surface area (Å²) in [5, 5.41) is 0. The van der Waals surface area contributed by atoms with Gasteiger partial charge in [0.2, 0.25) is 0 Å². The molecular formula is C7H7OS-. The fourth-order valence-corrected chi connectivity index (χ4v) is 0.796. The third-order valence-corrected chi connectivity index (χ3v) is 1.30. The molecule has 0 aliphatic rings. The van der Waals surface area contributed by atoms with E-state index in [1.165, 1.54) is 0 Å². The molecule has 1 aromatic rings. The van der Waals surface area contributed by atoms with Crippen LogP contribution in [0.5, 0.6) is 5.75 Å². The molecule has 2 heteroatoms. The SMILES string of the molecule is COc1cccc([S-])c1. The Morgan fingerprint density at radius 2 is 2.22 bits per heavy atom. The molecule has 0 bridgehead atoms. The van der Waals surface area contributed by atoms with E-state index >= 15 is 0 Å². The predicted octanol–water partition coefficient (Wildman–Crippen LogP) is 1.60. The molecule has 0 saturated heterocycles. The summed E-state index contributed by atoms with van der Waals surface area (Å²) in [5.74, 6) is 0.822. The molecule has 0 N–H and O–H groups in total. The molecule has 0 aliphatic carbocycles. The van der Waals surface area contributed by atoms with Gasteiger partial charge in [0.05, 0.1) is 7.11 Å². The molecule has 0 fully saturated rings. The number of hydrogen-bond acceptors (Lipinski definition) is 2. The summed E-state index contributed by atoms with van der Waals surface area (Å²) in [4.78, 5) is 0.814. The first-order chi connectivity index (χ1) is 4.33. The van der Waals surface area contributed by atoms with Crippen molar-refractivity contribution in [1.29, 1.82) is 0 Å². The van der Waals surface area contributed by atoms with E-state index in [2.05, 4.69) is 0 Å². The Labute approximate surface area is 60.1 Å². The second-order valence-corrected chi connectivity index (χ2v) is 2.15. The summed E-state index contributed by atoms with van der Waals surface area (Å²) in [6.07, 6.45) is 0. The Morgan fingerprint density at radius 3 is 2.67 bits per heavy atom. The predicted molar refractivity (Wildman–Crippen MR) is 38.6 cm³/mol. The quantitative estimate of drug-likeness (QED) is 0.546. The van der Waals surface area contributed by atoms with Crippen LogP contribution in [0, 0.1) is 0 Å². The van der Waals surface area contributed by atoms with Gasteiger partial charge < -0.3 is 17.4 Å². The summed E-state index contributed by atoms with van der Waals surface area (Å²) < 4.78 is 4.93. The summed E-state index contributed by atoms with van der Waals surface area (Å²) in [6, 6.07) is 7.42. The number of ether oxygens (including phenoxy) is 1. The summed E-state index contributed by atoms with van der Waals surface area (Å²) >= 11 is 4.89. The fraction of sp³-hybridized carbons (Fsp3) is 0.143. The lowest BCUT2D eigenvalue weighted by Gasteiger charge is -2.05. The van der Waals surface area contributed by atoms with Gasteiger partial charge in [-0.25, -0.2) is 0 Å². The lowest BCUT2D eigenvalue weighted by atomic mass is 10.3. The second-order valence-electron chi connectivity index (χ2n) is 1.68. The molecule has 0 spiro atoms. The first-order valence-electron chi connectivity index (χ1n) is 2.64. The van der Waals surface area contributed by atoms with E-state index in [1.54, 1.807) is 7.11 Å². The smallest absolute Gasteiger partial charge is 0.117 e. The zero-order valence-corrected chi connectivity index (χ0v) is 5.94. The Bertz CT molecular complexity index is 198. The van der Waals surface area contributed by atoms with Gasteiger partial charge in [-0.1, -0.05) is 12.1 Å². The monoisotopic (exact) mass is 139 g/mol. The third kappa shape index (κ3) is 1.57. The minimum absolute atomic E-state index is 0.814. The molecule has 0 amide bonds. The molecule has 1 rings (SSSR count). The molecule has 48 valence electrons. The average Bonchev–Trinajstić information content (AvgIpc) is 1.88. The van der Waals surface area contributed by atoms with Crippen molar-refractivity contribution in [2.75, 3.05) is 7.11 Å². The van der Waals surface area contributed by atoms with Gasteiger partial charge in [-0.15, -0.1) is 0 Å². The Kier molecular flexibility index (Phi) is 1.90. The zero-order chi connectivity index (χ0) is 6.69. The normalized spacial score (nSPS) is 9.00. The molecule has 0 unspecified atom stereocenters. The molecule has 0 aromatic heterocycles. The molecule has 0 aliphatic heterocycles. The van der Waals surface area contributed by atoms with Crippen LogP contribution in [-0.2, 0) is 12.6 Å². The van der Waals surface area contributed by atoms with Gasteiger partial charge in [-0.05, 0) is 12.1 Å². The lowest BCUT2D eigenvalue weighted by molar-refractivity contribution is 0.413. The zero-order valence-electron chi connectivity index (χ0n) is 5.13. The van der Waals surface area contributed by atoms with Crippen LogP contribution in [-0.4, -0.2) is 7.11 Å². The van der Waals surface area contributed by atoms with Gasteiger partial charge in [0.1, 0.15) is 5.75 Å². The molecule has 0 heterocycles. The highest BCUT2D eigenvalue weighted by Gasteiger charge is 1.82. The van der Waals surface area contributed by atoms with Crippen LogP contribution < -0.4 is 4.74 Å². The van der Waals surface area contributed by atoms with Crippen molar-refractivity contribution >= 4 is 12.6 Å². The van der Waals surface area contributed by atoms with Crippen LogP contribution in [0.3, 0.4) is 0 Å². The van der Waals surface area contributed by atoms with Crippen molar-refractivity contribution in [3.8, 4) is 5.75 Å². The average molecular weight is 139 g/mol. The van der Waals surface area contributed by atoms with Crippen LogP contribution in [0.4, 0.5) is 0 Å². The maximum Gasteiger partial charge on any atom is 0.117 e. The highest BCUT2D eigenvalue weighted by Crippen LogP contribution is 2.10. The van der Waals surface area contributed by atoms with Crippen molar-refractivity contribution in [2.24, 2.45) is 0 Å². The number of rotatable bonds is 1. The van der Waals surface area contributed by atoms with E-state index in [0.29, 0.717) is 0 Å². The molecule has 1 nitrogen and oxygen atoms in total. The molecular weight excluding hydrogens is 132 g/mol. The minimum atomic E-state index is 0.814. The fourth-order valence-electron chi connectivity index (χ4n) is 0.601. The van der Waals surface area contributed by atoms with Gasteiger partial charge in [-0.3, -0.25) is 0 Å². The van der Waals surface area contributed by atoms with Crippen molar-refractivity contribution in [3.63, 3.8) is 0 Å². The van der Waals surface area contributed by atoms with Gasteiger partial charge in [0.25, 0.3) is 0 Å². The van der Waals surface area contributed by atoms with E-state index < -0.39 is 0 Å².